The molecule has 0 radical (unpaired) electrons. The molecule has 0 aliphatic rings. The molecular weight excluding hydrogens is 154 g/mol. The second-order valence-corrected chi connectivity index (χ2v) is 6.27. The van der Waals surface area contributed by atoms with Gasteiger partial charge < -0.3 is 5.73 Å². The zero-order valence-electron chi connectivity index (χ0n) is 5.73. The van der Waals surface area contributed by atoms with Gasteiger partial charge >= 0.3 is 0 Å². The summed E-state index contributed by atoms with van der Waals surface area (Å²) in [4.78, 5) is 9.47. The summed E-state index contributed by atoms with van der Waals surface area (Å²) in [5, 5.41) is 0. The van der Waals surface area contributed by atoms with Crippen molar-refractivity contribution < 1.29 is 4.79 Å². The fraction of sp³-hybridized carbons (Fsp3) is 0.400. The molecule has 0 atom stereocenters. The number of hydrogen-bond donors (Lipinski definition) is 1. The first kappa shape index (κ1) is 11.5. The van der Waals surface area contributed by atoms with Gasteiger partial charge in [0.15, 0.2) is 0 Å². The highest BCUT2D eigenvalue weighted by atomic mass is 35.6. The van der Waals surface area contributed by atoms with Crippen molar-refractivity contribution in [2.75, 3.05) is 0 Å². The van der Waals surface area contributed by atoms with Gasteiger partial charge in [0.2, 0.25) is 5.91 Å². The number of nitrogens with two attached hydrogens (primary N) is 1. The quantitative estimate of drug-likeness (QED) is 0.350. The van der Waals surface area contributed by atoms with Crippen molar-refractivity contribution in [1.29, 1.82) is 0 Å². The van der Waals surface area contributed by atoms with Crippen molar-refractivity contribution >= 4 is 25.1 Å². The molecule has 0 rings (SSSR count). The molecule has 0 aliphatic heterocycles. The Bertz CT molecular complexity index is 92.2. The molecule has 4 heteroatoms. The van der Waals surface area contributed by atoms with Crippen LogP contribution < -0.4 is 5.73 Å². The molecule has 0 aromatic heterocycles. The summed E-state index contributed by atoms with van der Waals surface area (Å²) in [6.45, 7) is 7.23. The maximum Gasteiger partial charge on any atom is 0.240 e. The van der Waals surface area contributed by atoms with E-state index < -0.39 is 14.0 Å². The van der Waals surface area contributed by atoms with E-state index >= 15 is 0 Å². The van der Waals surface area contributed by atoms with Crippen LogP contribution in [0.3, 0.4) is 0 Å². The van der Waals surface area contributed by atoms with Crippen LogP contribution in [0.1, 0.15) is 0 Å². The maximum atomic E-state index is 9.47. The number of carbonyl (C=O) groups is 1. The van der Waals surface area contributed by atoms with Crippen LogP contribution in [-0.2, 0) is 4.79 Å². The van der Waals surface area contributed by atoms with E-state index in [0.29, 0.717) is 0 Å². The number of halogens is 1. The van der Waals surface area contributed by atoms with Gasteiger partial charge in [0.05, 0.1) is 0 Å². The zero-order valence-corrected chi connectivity index (χ0v) is 7.64. The Hall–Kier alpha value is -0.283. The molecule has 0 heterocycles. The SMILES string of the molecule is C=CC(N)=O.C[SiH](C)Cl. The van der Waals surface area contributed by atoms with E-state index in [2.05, 4.69) is 25.4 Å². The number of hydrogen-bond acceptors (Lipinski definition) is 1. The molecule has 0 spiro atoms. The molecule has 1 amide bonds. The van der Waals surface area contributed by atoms with Crippen molar-refractivity contribution in [3.05, 3.63) is 12.7 Å². The van der Waals surface area contributed by atoms with Crippen molar-refractivity contribution in [3.8, 4) is 0 Å². The van der Waals surface area contributed by atoms with E-state index in [9.17, 15) is 4.79 Å². The topological polar surface area (TPSA) is 43.1 Å². The lowest BCUT2D eigenvalue weighted by molar-refractivity contribution is -0.113. The highest BCUT2D eigenvalue weighted by Crippen LogP contribution is 1.79. The minimum Gasteiger partial charge on any atom is -0.366 e. The molecular formula is C5H12ClNOSi. The van der Waals surface area contributed by atoms with Crippen LogP contribution in [-0.4, -0.2) is 14.0 Å². The molecule has 0 bridgehead atoms. The van der Waals surface area contributed by atoms with E-state index in [0.717, 1.165) is 6.08 Å². The fourth-order valence-corrected chi connectivity index (χ4v) is 0. The van der Waals surface area contributed by atoms with Crippen LogP contribution >= 0.6 is 11.1 Å². The lowest BCUT2D eigenvalue weighted by Crippen LogP contribution is -2.04. The third-order valence-electron chi connectivity index (χ3n) is 0.201. The standard InChI is InChI=1S/C3H5NO.C2H7ClSi/c1-2-3(4)5;1-4(2)3/h2H,1H2,(H2,4,5);4H,1-2H3. The van der Waals surface area contributed by atoms with Gasteiger partial charge in [0.25, 0.3) is 0 Å². The minimum absolute atomic E-state index is 0.481. The summed E-state index contributed by atoms with van der Waals surface area (Å²) in [6, 6.07) is 0. The molecule has 0 aromatic carbocycles. The van der Waals surface area contributed by atoms with E-state index in [1.807, 2.05) is 0 Å². The molecule has 0 saturated heterocycles. The van der Waals surface area contributed by atoms with Crippen molar-refractivity contribution in [2.45, 2.75) is 13.1 Å². The van der Waals surface area contributed by atoms with Crippen molar-refractivity contribution in [1.82, 2.24) is 0 Å². The minimum atomic E-state index is -0.667. The van der Waals surface area contributed by atoms with E-state index in [1.54, 1.807) is 0 Å². The Kier molecular flexibility index (Phi) is 9.87. The lowest BCUT2D eigenvalue weighted by Gasteiger charge is -1.72. The summed E-state index contributed by atoms with van der Waals surface area (Å²) in [7, 11) is -0.667. The Morgan fingerprint density at radius 2 is 1.89 bits per heavy atom. The molecule has 0 unspecified atom stereocenters. The third kappa shape index (κ3) is 85.6. The van der Waals surface area contributed by atoms with Crippen LogP contribution in [0.25, 0.3) is 0 Å². The van der Waals surface area contributed by atoms with Crippen LogP contribution in [0.4, 0.5) is 0 Å². The first-order valence-corrected chi connectivity index (χ1v) is 6.62. The average molecular weight is 166 g/mol. The molecule has 0 fully saturated rings. The third-order valence-corrected chi connectivity index (χ3v) is 0.201. The largest absolute Gasteiger partial charge is 0.366 e. The summed E-state index contributed by atoms with van der Waals surface area (Å²) < 4.78 is 0. The molecule has 0 saturated carbocycles. The highest BCUT2D eigenvalue weighted by Gasteiger charge is 1.76. The number of rotatable bonds is 1. The summed E-state index contributed by atoms with van der Waals surface area (Å²) in [5.41, 5.74) is 4.53. The van der Waals surface area contributed by atoms with Crippen molar-refractivity contribution in [2.24, 2.45) is 5.73 Å². The fourth-order valence-electron chi connectivity index (χ4n) is 0. The van der Waals surface area contributed by atoms with Crippen molar-refractivity contribution in [3.63, 3.8) is 0 Å². The summed E-state index contributed by atoms with van der Waals surface area (Å²) >= 11 is 5.41. The van der Waals surface area contributed by atoms with E-state index in [1.165, 1.54) is 0 Å². The van der Waals surface area contributed by atoms with Gasteiger partial charge in [0, 0.05) is 0 Å². The second-order valence-electron chi connectivity index (χ2n) is 1.62. The number of amides is 1. The Labute approximate surface area is 62.0 Å². The summed E-state index contributed by atoms with van der Waals surface area (Å²) in [6.07, 6.45) is 1.06. The Balaban J connectivity index is 0. The van der Waals surface area contributed by atoms with Gasteiger partial charge in [-0.05, 0) is 6.08 Å². The summed E-state index contributed by atoms with van der Waals surface area (Å²) in [5.74, 6) is -0.481. The predicted octanol–water partition coefficient (Wildman–Crippen LogP) is 0.866. The number of carbonyl (C=O) groups excluding carboxylic acids is 1. The molecule has 2 N–H and O–H groups in total. The molecule has 0 aromatic rings. The Morgan fingerprint density at radius 1 is 1.78 bits per heavy atom. The van der Waals surface area contributed by atoms with Crippen LogP contribution in [0.2, 0.25) is 13.1 Å². The normalized spacial score (nSPS) is 7.56. The smallest absolute Gasteiger partial charge is 0.240 e. The van der Waals surface area contributed by atoms with Crippen LogP contribution in [0.15, 0.2) is 12.7 Å². The van der Waals surface area contributed by atoms with Gasteiger partial charge in [-0.25, -0.2) is 0 Å². The first-order valence-electron chi connectivity index (χ1n) is 2.56. The van der Waals surface area contributed by atoms with Gasteiger partial charge in [-0.3, -0.25) is 4.79 Å². The van der Waals surface area contributed by atoms with Gasteiger partial charge in [0.1, 0.15) is 8.11 Å². The van der Waals surface area contributed by atoms with Gasteiger partial charge in [-0.15, -0.1) is 0 Å². The van der Waals surface area contributed by atoms with Crippen LogP contribution in [0, 0.1) is 0 Å². The van der Waals surface area contributed by atoms with Gasteiger partial charge in [-0.1, -0.05) is 19.7 Å². The lowest BCUT2D eigenvalue weighted by atomic mass is 10.6. The molecule has 54 valence electrons. The zero-order chi connectivity index (χ0) is 7.86. The van der Waals surface area contributed by atoms with Crippen LogP contribution in [0.5, 0.6) is 0 Å². The number of primary amides is 1. The first-order chi connectivity index (χ1) is 4.00. The van der Waals surface area contributed by atoms with E-state index in [4.69, 9.17) is 11.1 Å². The highest BCUT2D eigenvalue weighted by molar-refractivity contribution is 7.05. The Morgan fingerprint density at radius 3 is 1.89 bits per heavy atom. The predicted molar refractivity (Wildman–Crippen MR) is 44.1 cm³/mol. The molecule has 9 heavy (non-hydrogen) atoms. The van der Waals surface area contributed by atoms with Gasteiger partial charge in [-0.2, -0.15) is 11.1 Å². The maximum absolute atomic E-state index is 9.47. The second kappa shape index (κ2) is 7.72. The molecule has 0 aliphatic carbocycles. The molecule has 2 nitrogen and oxygen atoms in total. The average Bonchev–Trinajstić information content (AvgIpc) is 1.65. The monoisotopic (exact) mass is 165 g/mol. The van der Waals surface area contributed by atoms with E-state index in [-0.39, 0.29) is 0 Å².